The van der Waals surface area contributed by atoms with Crippen molar-refractivity contribution in [2.45, 2.75) is 33.5 Å². The van der Waals surface area contributed by atoms with Gasteiger partial charge < -0.3 is 20.1 Å². The number of ether oxygens (including phenoxy) is 2. The number of benzene rings is 1. The summed E-state index contributed by atoms with van der Waals surface area (Å²) < 4.78 is 34.6. The summed E-state index contributed by atoms with van der Waals surface area (Å²) in [5.41, 5.74) is 0.726. The summed E-state index contributed by atoms with van der Waals surface area (Å²) in [5, 5.41) is 7.30. The van der Waals surface area contributed by atoms with Crippen molar-refractivity contribution < 1.29 is 18.3 Å². The first kappa shape index (κ1) is 23.3. The number of alkyl halides is 2. The minimum Gasteiger partial charge on any atom is -0.493 e. The largest absolute Gasteiger partial charge is 0.493 e. The molecule has 2 N–H and O–H groups in total. The molecule has 2 rings (SSSR count). The molecule has 1 aromatic heterocycles. The van der Waals surface area contributed by atoms with Gasteiger partial charge in [-0.05, 0) is 31.5 Å². The zero-order chi connectivity index (χ0) is 18.9. The Labute approximate surface area is 178 Å². The third-order valence-electron chi connectivity index (χ3n) is 3.28. The van der Waals surface area contributed by atoms with E-state index in [1.54, 1.807) is 23.5 Å². The Balaban J connectivity index is 0.00000364. The SMILES string of the molecule is CCNC(=NCc1ccc(OC)c(OC(F)F)c1)NCc1ncc(C)s1.I. The lowest BCUT2D eigenvalue weighted by Gasteiger charge is -2.12. The Morgan fingerprint density at radius 3 is 2.67 bits per heavy atom. The summed E-state index contributed by atoms with van der Waals surface area (Å²) in [4.78, 5) is 9.91. The Bertz CT molecular complexity index is 743. The molecule has 0 aliphatic carbocycles. The molecule has 2 aromatic rings. The maximum atomic E-state index is 12.5. The number of guanidine groups is 1. The van der Waals surface area contributed by atoms with E-state index in [1.165, 1.54) is 13.2 Å². The van der Waals surface area contributed by atoms with Gasteiger partial charge in [-0.1, -0.05) is 6.07 Å². The van der Waals surface area contributed by atoms with Gasteiger partial charge in [0.15, 0.2) is 17.5 Å². The van der Waals surface area contributed by atoms with E-state index in [0.717, 1.165) is 15.4 Å². The quantitative estimate of drug-likeness (QED) is 0.319. The van der Waals surface area contributed by atoms with Gasteiger partial charge in [0.25, 0.3) is 0 Å². The van der Waals surface area contributed by atoms with Gasteiger partial charge in [-0.15, -0.1) is 35.3 Å². The van der Waals surface area contributed by atoms with Gasteiger partial charge in [0.05, 0.1) is 20.2 Å². The van der Waals surface area contributed by atoms with Gasteiger partial charge in [-0.2, -0.15) is 8.78 Å². The molecule has 1 aromatic carbocycles. The average molecular weight is 512 g/mol. The molecular weight excluding hydrogens is 489 g/mol. The van der Waals surface area contributed by atoms with Crippen molar-refractivity contribution in [2.24, 2.45) is 4.99 Å². The van der Waals surface area contributed by atoms with Gasteiger partial charge in [-0.3, -0.25) is 0 Å². The van der Waals surface area contributed by atoms with Crippen LogP contribution >= 0.6 is 35.3 Å². The zero-order valence-electron chi connectivity index (χ0n) is 15.3. The fourth-order valence-corrected chi connectivity index (χ4v) is 2.89. The number of hydrogen-bond donors (Lipinski definition) is 2. The van der Waals surface area contributed by atoms with E-state index >= 15 is 0 Å². The zero-order valence-corrected chi connectivity index (χ0v) is 18.4. The van der Waals surface area contributed by atoms with Crippen molar-refractivity contribution in [2.75, 3.05) is 13.7 Å². The van der Waals surface area contributed by atoms with Gasteiger partial charge >= 0.3 is 6.61 Å². The van der Waals surface area contributed by atoms with E-state index in [9.17, 15) is 8.78 Å². The first-order valence-corrected chi connectivity index (χ1v) is 8.88. The molecule has 27 heavy (non-hydrogen) atoms. The van der Waals surface area contributed by atoms with Crippen LogP contribution in [0.25, 0.3) is 0 Å². The minimum atomic E-state index is -2.91. The second-order valence-electron chi connectivity index (χ2n) is 5.28. The predicted octanol–water partition coefficient (Wildman–Crippen LogP) is 3.93. The van der Waals surface area contributed by atoms with Gasteiger partial charge in [0.1, 0.15) is 5.01 Å². The number of rotatable bonds is 8. The van der Waals surface area contributed by atoms with Crippen molar-refractivity contribution in [3.63, 3.8) is 0 Å². The van der Waals surface area contributed by atoms with Crippen molar-refractivity contribution >= 4 is 41.3 Å². The topological polar surface area (TPSA) is 67.8 Å². The van der Waals surface area contributed by atoms with Crippen molar-refractivity contribution in [3.05, 3.63) is 39.8 Å². The molecule has 0 saturated heterocycles. The second kappa shape index (κ2) is 11.9. The standard InChI is InChI=1S/C17H22F2N4O2S.HI/c1-4-20-17(23-10-15-21-8-11(2)26-15)22-9-12-5-6-13(24-3)14(7-12)25-16(18)19;/h5-8,16H,4,9-10H2,1-3H3,(H2,20,22,23);1H. The molecule has 0 aliphatic heterocycles. The highest BCUT2D eigenvalue weighted by Gasteiger charge is 2.11. The Morgan fingerprint density at radius 1 is 1.30 bits per heavy atom. The fraction of sp³-hybridized carbons (Fsp3) is 0.412. The fourth-order valence-electron chi connectivity index (χ4n) is 2.16. The van der Waals surface area contributed by atoms with Crippen LogP contribution in [-0.4, -0.2) is 31.2 Å². The summed E-state index contributed by atoms with van der Waals surface area (Å²) in [6.07, 6.45) is 1.83. The molecule has 6 nitrogen and oxygen atoms in total. The number of halogens is 3. The predicted molar refractivity (Wildman–Crippen MR) is 114 cm³/mol. The molecule has 0 unspecified atom stereocenters. The number of nitrogens with zero attached hydrogens (tertiary/aromatic N) is 2. The summed E-state index contributed by atoms with van der Waals surface area (Å²) in [6, 6.07) is 4.85. The van der Waals surface area contributed by atoms with E-state index < -0.39 is 6.61 Å². The molecule has 150 valence electrons. The van der Waals surface area contributed by atoms with Crippen LogP contribution < -0.4 is 20.1 Å². The Kier molecular flexibility index (Phi) is 10.3. The van der Waals surface area contributed by atoms with Crippen molar-refractivity contribution in [3.8, 4) is 11.5 Å². The first-order chi connectivity index (χ1) is 12.5. The lowest BCUT2D eigenvalue weighted by molar-refractivity contribution is -0.0512. The molecule has 1 heterocycles. The van der Waals surface area contributed by atoms with E-state index in [-0.39, 0.29) is 35.5 Å². The van der Waals surface area contributed by atoms with Crippen LogP contribution in [0.3, 0.4) is 0 Å². The van der Waals surface area contributed by atoms with Crippen LogP contribution in [0.1, 0.15) is 22.4 Å². The molecule has 0 radical (unpaired) electrons. The molecule has 0 bridgehead atoms. The average Bonchev–Trinajstić information content (AvgIpc) is 3.02. The third-order valence-corrected chi connectivity index (χ3v) is 4.20. The summed E-state index contributed by atoms with van der Waals surface area (Å²) in [6.45, 7) is 2.62. The maximum absolute atomic E-state index is 12.5. The van der Waals surface area contributed by atoms with Gasteiger partial charge in [0, 0.05) is 17.6 Å². The Hall–Kier alpha value is -1.69. The van der Waals surface area contributed by atoms with Crippen LogP contribution in [0.5, 0.6) is 11.5 Å². The summed E-state index contributed by atoms with van der Waals surface area (Å²) in [7, 11) is 1.40. The highest BCUT2D eigenvalue weighted by Crippen LogP contribution is 2.29. The minimum absolute atomic E-state index is 0. The summed E-state index contributed by atoms with van der Waals surface area (Å²) >= 11 is 1.62. The van der Waals surface area contributed by atoms with Crippen molar-refractivity contribution in [1.82, 2.24) is 15.6 Å². The maximum Gasteiger partial charge on any atom is 0.387 e. The molecule has 0 atom stereocenters. The van der Waals surface area contributed by atoms with E-state index in [1.807, 2.05) is 20.0 Å². The number of hydrogen-bond acceptors (Lipinski definition) is 5. The van der Waals surface area contributed by atoms with Crippen LogP contribution in [0, 0.1) is 6.92 Å². The highest BCUT2D eigenvalue weighted by molar-refractivity contribution is 14.0. The lowest BCUT2D eigenvalue weighted by Crippen LogP contribution is -2.36. The van der Waals surface area contributed by atoms with Crippen LogP contribution in [-0.2, 0) is 13.1 Å². The van der Waals surface area contributed by atoms with Crippen LogP contribution in [0.2, 0.25) is 0 Å². The molecular formula is C17H23F2IN4O2S. The smallest absolute Gasteiger partial charge is 0.387 e. The number of nitrogens with one attached hydrogen (secondary N) is 2. The summed E-state index contributed by atoms with van der Waals surface area (Å²) in [5.74, 6) is 0.862. The molecule has 0 saturated carbocycles. The normalized spacial score (nSPS) is 11.1. The first-order valence-electron chi connectivity index (χ1n) is 8.07. The van der Waals surface area contributed by atoms with Crippen LogP contribution in [0.4, 0.5) is 8.78 Å². The molecule has 0 spiro atoms. The van der Waals surface area contributed by atoms with Crippen molar-refractivity contribution in [1.29, 1.82) is 0 Å². The van der Waals surface area contributed by atoms with E-state index in [0.29, 0.717) is 25.6 Å². The van der Waals surface area contributed by atoms with E-state index in [4.69, 9.17) is 4.74 Å². The monoisotopic (exact) mass is 512 g/mol. The second-order valence-corrected chi connectivity index (χ2v) is 6.60. The lowest BCUT2D eigenvalue weighted by atomic mass is 10.2. The van der Waals surface area contributed by atoms with Gasteiger partial charge in [0.2, 0.25) is 0 Å². The molecule has 0 aliphatic rings. The molecule has 0 fully saturated rings. The highest BCUT2D eigenvalue weighted by atomic mass is 127. The Morgan fingerprint density at radius 2 is 2.07 bits per heavy atom. The number of aromatic nitrogens is 1. The molecule has 0 amide bonds. The molecule has 10 heteroatoms. The third kappa shape index (κ3) is 7.83. The number of thiazole rings is 1. The van der Waals surface area contributed by atoms with Gasteiger partial charge in [-0.25, -0.2) is 9.98 Å². The number of aryl methyl sites for hydroxylation is 1. The number of methoxy groups -OCH3 is 1. The number of aliphatic imine (C=N–C) groups is 1. The van der Waals surface area contributed by atoms with E-state index in [2.05, 4.69) is 25.3 Å². The van der Waals surface area contributed by atoms with Crippen LogP contribution in [0.15, 0.2) is 29.4 Å².